The number of halogens is 1. The molecule has 6 heteroatoms. The Morgan fingerprint density at radius 2 is 2.00 bits per heavy atom. The van der Waals surface area contributed by atoms with E-state index in [1.807, 2.05) is 13.0 Å². The van der Waals surface area contributed by atoms with Gasteiger partial charge in [-0.2, -0.15) is 10.2 Å². The summed E-state index contributed by atoms with van der Waals surface area (Å²) in [5.41, 5.74) is 13.5. The highest BCUT2D eigenvalue weighted by atomic mass is 35.5. The predicted molar refractivity (Wildman–Crippen MR) is 70.8 cm³/mol. The SMILES string of the molecule is Cc1cc(Cl)ccc1-c1nc(N)nc(N)c1C#N. The second kappa shape index (κ2) is 4.51. The number of rotatable bonds is 1. The van der Waals surface area contributed by atoms with Crippen molar-refractivity contribution in [2.45, 2.75) is 6.92 Å². The van der Waals surface area contributed by atoms with Crippen molar-refractivity contribution >= 4 is 23.4 Å². The molecule has 0 aliphatic carbocycles. The number of nitrogens with zero attached hydrogens (tertiary/aromatic N) is 3. The lowest BCUT2D eigenvalue weighted by atomic mass is 10.0. The van der Waals surface area contributed by atoms with Crippen molar-refractivity contribution in [1.29, 1.82) is 5.26 Å². The largest absolute Gasteiger partial charge is 0.382 e. The van der Waals surface area contributed by atoms with Gasteiger partial charge in [-0.3, -0.25) is 0 Å². The second-order valence-electron chi connectivity index (χ2n) is 3.76. The minimum absolute atomic E-state index is 0.0378. The molecule has 1 heterocycles. The first kappa shape index (κ1) is 12.1. The van der Waals surface area contributed by atoms with Crippen LogP contribution in [0.4, 0.5) is 11.8 Å². The second-order valence-corrected chi connectivity index (χ2v) is 4.20. The molecule has 1 aromatic carbocycles. The maximum absolute atomic E-state index is 9.12. The Labute approximate surface area is 109 Å². The van der Waals surface area contributed by atoms with Crippen LogP contribution in [0.5, 0.6) is 0 Å². The van der Waals surface area contributed by atoms with Crippen LogP contribution in [0.3, 0.4) is 0 Å². The van der Waals surface area contributed by atoms with E-state index >= 15 is 0 Å². The van der Waals surface area contributed by atoms with Crippen molar-refractivity contribution < 1.29 is 0 Å². The highest BCUT2D eigenvalue weighted by molar-refractivity contribution is 6.30. The molecule has 0 saturated heterocycles. The van der Waals surface area contributed by atoms with Gasteiger partial charge in [0.2, 0.25) is 5.95 Å². The number of benzene rings is 1. The maximum atomic E-state index is 9.12. The number of nitriles is 1. The Hall–Kier alpha value is -2.32. The molecule has 0 unspecified atom stereocenters. The smallest absolute Gasteiger partial charge is 0.222 e. The van der Waals surface area contributed by atoms with E-state index in [9.17, 15) is 0 Å². The van der Waals surface area contributed by atoms with Gasteiger partial charge in [-0.25, -0.2) is 4.98 Å². The van der Waals surface area contributed by atoms with E-state index in [0.717, 1.165) is 11.1 Å². The van der Waals surface area contributed by atoms with Crippen molar-refractivity contribution in [3.8, 4) is 17.3 Å². The van der Waals surface area contributed by atoms with Crippen LogP contribution in [0.15, 0.2) is 18.2 Å². The van der Waals surface area contributed by atoms with Crippen LogP contribution in [0.25, 0.3) is 11.3 Å². The standard InChI is InChI=1S/C12H10ClN5/c1-6-4-7(13)2-3-8(6)10-9(5-14)11(15)18-12(16)17-10/h2-4H,1H3,(H4,15,16,17,18). The normalized spacial score (nSPS) is 10.1. The van der Waals surface area contributed by atoms with Crippen molar-refractivity contribution in [2.24, 2.45) is 0 Å². The number of aromatic nitrogens is 2. The van der Waals surface area contributed by atoms with Crippen LogP contribution >= 0.6 is 11.6 Å². The van der Waals surface area contributed by atoms with Gasteiger partial charge < -0.3 is 11.5 Å². The van der Waals surface area contributed by atoms with Crippen LogP contribution in [0.1, 0.15) is 11.1 Å². The van der Waals surface area contributed by atoms with Gasteiger partial charge in [-0.05, 0) is 24.6 Å². The lowest BCUT2D eigenvalue weighted by Gasteiger charge is -2.09. The third-order valence-corrected chi connectivity index (χ3v) is 2.74. The zero-order valence-corrected chi connectivity index (χ0v) is 10.4. The average Bonchev–Trinajstić information content (AvgIpc) is 2.28. The van der Waals surface area contributed by atoms with Gasteiger partial charge in [0.25, 0.3) is 0 Å². The fourth-order valence-electron chi connectivity index (χ4n) is 1.69. The monoisotopic (exact) mass is 259 g/mol. The maximum Gasteiger partial charge on any atom is 0.222 e. The van der Waals surface area contributed by atoms with Gasteiger partial charge >= 0.3 is 0 Å². The molecule has 0 spiro atoms. The topological polar surface area (TPSA) is 102 Å². The summed E-state index contributed by atoms with van der Waals surface area (Å²) in [6.45, 7) is 1.87. The van der Waals surface area contributed by atoms with Crippen molar-refractivity contribution in [2.75, 3.05) is 11.5 Å². The van der Waals surface area contributed by atoms with E-state index in [-0.39, 0.29) is 17.3 Å². The molecule has 5 nitrogen and oxygen atoms in total. The number of aryl methyl sites for hydroxylation is 1. The lowest BCUT2D eigenvalue weighted by Crippen LogP contribution is -2.05. The summed E-state index contributed by atoms with van der Waals surface area (Å²) in [6, 6.07) is 7.28. The number of hydrogen-bond acceptors (Lipinski definition) is 5. The molecule has 90 valence electrons. The van der Waals surface area contributed by atoms with E-state index in [2.05, 4.69) is 9.97 Å². The number of hydrogen-bond donors (Lipinski definition) is 2. The Kier molecular flexibility index (Phi) is 3.04. The molecule has 0 saturated carbocycles. The molecule has 0 atom stereocenters. The van der Waals surface area contributed by atoms with Gasteiger partial charge in [0.15, 0.2) is 0 Å². The highest BCUT2D eigenvalue weighted by Gasteiger charge is 2.14. The van der Waals surface area contributed by atoms with Crippen LogP contribution in [0.2, 0.25) is 5.02 Å². The summed E-state index contributed by atoms with van der Waals surface area (Å²) in [4.78, 5) is 7.86. The van der Waals surface area contributed by atoms with E-state index in [1.165, 1.54) is 0 Å². The molecule has 0 aliphatic rings. The minimum Gasteiger partial charge on any atom is -0.382 e. The van der Waals surface area contributed by atoms with E-state index in [0.29, 0.717) is 10.7 Å². The quantitative estimate of drug-likeness (QED) is 0.817. The third kappa shape index (κ3) is 2.06. The summed E-state index contributed by atoms with van der Waals surface area (Å²) >= 11 is 5.89. The van der Waals surface area contributed by atoms with Crippen LogP contribution in [-0.4, -0.2) is 9.97 Å². The first-order chi connectivity index (χ1) is 8.52. The molecule has 18 heavy (non-hydrogen) atoms. The van der Waals surface area contributed by atoms with Crippen LogP contribution in [0, 0.1) is 18.3 Å². The molecular weight excluding hydrogens is 250 g/mol. The highest BCUT2D eigenvalue weighted by Crippen LogP contribution is 2.29. The lowest BCUT2D eigenvalue weighted by molar-refractivity contribution is 1.18. The van der Waals surface area contributed by atoms with Crippen LogP contribution < -0.4 is 11.5 Å². The van der Waals surface area contributed by atoms with Gasteiger partial charge in [0.05, 0.1) is 5.69 Å². The van der Waals surface area contributed by atoms with Gasteiger partial charge in [-0.1, -0.05) is 17.7 Å². The van der Waals surface area contributed by atoms with Crippen LogP contribution in [-0.2, 0) is 0 Å². The fourth-order valence-corrected chi connectivity index (χ4v) is 1.92. The summed E-state index contributed by atoms with van der Waals surface area (Å²) in [5, 5.41) is 9.74. The summed E-state index contributed by atoms with van der Waals surface area (Å²) in [6.07, 6.45) is 0. The zero-order valence-electron chi connectivity index (χ0n) is 9.61. The Morgan fingerprint density at radius 1 is 1.28 bits per heavy atom. The molecule has 0 fully saturated rings. The fraction of sp³-hybridized carbons (Fsp3) is 0.0833. The first-order valence-corrected chi connectivity index (χ1v) is 5.50. The van der Waals surface area contributed by atoms with E-state index < -0.39 is 0 Å². The molecule has 1 aromatic heterocycles. The summed E-state index contributed by atoms with van der Waals surface area (Å²) in [7, 11) is 0. The van der Waals surface area contributed by atoms with Gasteiger partial charge in [0.1, 0.15) is 17.5 Å². The molecular formula is C12H10ClN5. The Bertz CT molecular complexity index is 660. The molecule has 2 aromatic rings. The third-order valence-electron chi connectivity index (χ3n) is 2.51. The molecule has 0 radical (unpaired) electrons. The van der Waals surface area contributed by atoms with Crippen molar-refractivity contribution in [3.05, 3.63) is 34.3 Å². The zero-order chi connectivity index (χ0) is 13.3. The number of nitrogen functional groups attached to an aromatic ring is 2. The average molecular weight is 260 g/mol. The Morgan fingerprint density at radius 3 is 2.61 bits per heavy atom. The number of anilines is 2. The summed E-state index contributed by atoms with van der Waals surface area (Å²) in [5.74, 6) is 0.116. The molecule has 0 bridgehead atoms. The number of nitrogens with two attached hydrogens (primary N) is 2. The van der Waals surface area contributed by atoms with E-state index in [1.54, 1.807) is 18.2 Å². The van der Waals surface area contributed by atoms with Crippen molar-refractivity contribution in [1.82, 2.24) is 9.97 Å². The summed E-state index contributed by atoms with van der Waals surface area (Å²) < 4.78 is 0. The van der Waals surface area contributed by atoms with Crippen molar-refractivity contribution in [3.63, 3.8) is 0 Å². The molecule has 0 amide bonds. The molecule has 0 aliphatic heterocycles. The van der Waals surface area contributed by atoms with E-state index in [4.69, 9.17) is 28.3 Å². The minimum atomic E-state index is 0.0378. The van der Waals surface area contributed by atoms with Gasteiger partial charge in [0, 0.05) is 10.6 Å². The van der Waals surface area contributed by atoms with Gasteiger partial charge in [-0.15, -0.1) is 0 Å². The molecule has 4 N–H and O–H groups in total. The molecule has 2 rings (SSSR count). The predicted octanol–water partition coefficient (Wildman–Crippen LogP) is 2.14. The first-order valence-electron chi connectivity index (χ1n) is 5.12. The Balaban J connectivity index is 2.75.